The molecule has 4 saturated carbocycles. The number of halogens is 3. The van der Waals surface area contributed by atoms with Crippen molar-refractivity contribution in [1.29, 1.82) is 0 Å². The Bertz CT molecular complexity index is 2050. The highest BCUT2D eigenvalue weighted by molar-refractivity contribution is 6.47. The minimum absolute atomic E-state index is 0.00412. The van der Waals surface area contributed by atoms with Crippen LogP contribution in [0, 0.1) is 17.3 Å². The van der Waals surface area contributed by atoms with Gasteiger partial charge in [0.25, 0.3) is 5.56 Å². The lowest BCUT2D eigenvalue weighted by atomic mass is 9.43. The fourth-order valence-electron chi connectivity index (χ4n) is 9.82. The molecule has 11 nitrogen and oxygen atoms in total. The van der Waals surface area contributed by atoms with Crippen LogP contribution in [0.25, 0.3) is 0 Å². The second-order valence-corrected chi connectivity index (χ2v) is 17.1. The molecule has 2 aromatic carbocycles. The number of rotatable bonds is 10. The molecule has 3 heterocycles. The van der Waals surface area contributed by atoms with Crippen LogP contribution in [0.3, 0.4) is 0 Å². The first-order valence-corrected chi connectivity index (χ1v) is 19.3. The van der Waals surface area contributed by atoms with E-state index in [4.69, 9.17) is 9.31 Å². The summed E-state index contributed by atoms with van der Waals surface area (Å²) in [6.07, 6.45) is 0.00673. The van der Waals surface area contributed by atoms with Gasteiger partial charge in [-0.3, -0.25) is 14.2 Å². The number of hydrogen-bond acceptors (Lipinski definition) is 7. The molecule has 5 fully saturated rings. The van der Waals surface area contributed by atoms with Crippen molar-refractivity contribution in [2.45, 2.75) is 121 Å². The SMILES string of the molecule is CC[C@H](NC(=O)[C@@H]1C[C@@](C)(NC(=O)N[C@@H]2C[C@H]2c2ccccc2)c2ncc(NCc3cccc(C(F)(F)F)c3)c(=O)n21)B1O[C@@H]2C[C@@H]3C[C@@H](C3(C)C)[C@]2(C)O1. The highest BCUT2D eigenvalue weighted by atomic mass is 19.4. The summed E-state index contributed by atoms with van der Waals surface area (Å²) in [6, 6.07) is 13.2. The van der Waals surface area contributed by atoms with E-state index in [2.05, 4.69) is 47.0 Å². The Hall–Kier alpha value is -4.37. The molecular weight excluding hydrogens is 712 g/mol. The molecule has 1 saturated heterocycles. The summed E-state index contributed by atoms with van der Waals surface area (Å²) >= 11 is 0. The Morgan fingerprint density at radius 1 is 1.05 bits per heavy atom. The first-order chi connectivity index (χ1) is 26.0. The molecule has 9 atom stereocenters. The molecule has 3 amide bonds. The number of hydrogen-bond donors (Lipinski definition) is 4. The number of nitrogens with one attached hydrogen (secondary N) is 4. The molecule has 3 aromatic rings. The third-order valence-corrected chi connectivity index (χ3v) is 13.2. The van der Waals surface area contributed by atoms with Gasteiger partial charge in [-0.1, -0.05) is 63.2 Å². The summed E-state index contributed by atoms with van der Waals surface area (Å²) in [7, 11) is -0.679. The number of aromatic nitrogens is 2. The lowest BCUT2D eigenvalue weighted by Crippen LogP contribution is -2.65. The zero-order chi connectivity index (χ0) is 39.1. The van der Waals surface area contributed by atoms with Crippen LogP contribution >= 0.6 is 0 Å². The normalized spacial score (nSPS) is 31.7. The van der Waals surface area contributed by atoms with E-state index in [-0.39, 0.29) is 48.0 Å². The monoisotopic (exact) mass is 760 g/mol. The smallest absolute Gasteiger partial charge is 0.404 e. The van der Waals surface area contributed by atoms with Crippen LogP contribution < -0.4 is 26.8 Å². The van der Waals surface area contributed by atoms with Crippen LogP contribution in [0.4, 0.5) is 23.7 Å². The summed E-state index contributed by atoms with van der Waals surface area (Å²) in [5.41, 5.74) is -1.49. The van der Waals surface area contributed by atoms with Gasteiger partial charge in [0.1, 0.15) is 17.6 Å². The van der Waals surface area contributed by atoms with Gasteiger partial charge in [-0.05, 0) is 80.0 Å². The summed E-state index contributed by atoms with van der Waals surface area (Å²) in [6.45, 7) is 10.3. The van der Waals surface area contributed by atoms with Gasteiger partial charge in [-0.15, -0.1) is 0 Å². The van der Waals surface area contributed by atoms with Crippen molar-refractivity contribution in [3.05, 3.63) is 93.7 Å². The second-order valence-electron chi connectivity index (χ2n) is 17.1. The van der Waals surface area contributed by atoms with E-state index in [0.717, 1.165) is 37.0 Å². The van der Waals surface area contributed by atoms with Crippen molar-refractivity contribution < 1.29 is 32.1 Å². The fourth-order valence-corrected chi connectivity index (χ4v) is 9.82. The number of nitrogens with zero attached hydrogens (tertiary/aromatic N) is 2. The molecule has 0 radical (unpaired) electrons. The lowest BCUT2D eigenvalue weighted by molar-refractivity contribution is -0.199. The first-order valence-electron chi connectivity index (χ1n) is 19.3. The minimum Gasteiger partial charge on any atom is -0.404 e. The number of urea groups is 1. The minimum atomic E-state index is -4.52. The molecule has 9 rings (SSSR count). The zero-order valence-corrected chi connectivity index (χ0v) is 31.7. The molecule has 55 heavy (non-hydrogen) atoms. The summed E-state index contributed by atoms with van der Waals surface area (Å²) in [4.78, 5) is 46.7. The molecular formula is C40H48BF3N6O5. The maximum Gasteiger partial charge on any atom is 0.481 e. The highest BCUT2D eigenvalue weighted by Gasteiger charge is 2.68. The molecule has 6 aliphatic rings. The van der Waals surface area contributed by atoms with Crippen LogP contribution in [0.15, 0.2) is 65.6 Å². The van der Waals surface area contributed by atoms with Crippen LogP contribution in [0.2, 0.25) is 0 Å². The van der Waals surface area contributed by atoms with Crippen molar-refractivity contribution in [2.24, 2.45) is 17.3 Å². The molecule has 0 unspecified atom stereocenters. The average Bonchev–Trinajstić information content (AvgIpc) is 3.70. The Morgan fingerprint density at radius 2 is 1.82 bits per heavy atom. The van der Waals surface area contributed by atoms with Crippen molar-refractivity contribution in [1.82, 2.24) is 25.5 Å². The van der Waals surface area contributed by atoms with E-state index >= 15 is 0 Å². The van der Waals surface area contributed by atoms with Gasteiger partial charge in [0.2, 0.25) is 5.91 Å². The van der Waals surface area contributed by atoms with Crippen molar-refractivity contribution in [2.75, 3.05) is 5.32 Å². The quantitative estimate of drug-likeness (QED) is 0.185. The zero-order valence-electron chi connectivity index (χ0n) is 31.7. The number of amides is 3. The molecule has 2 aliphatic heterocycles. The van der Waals surface area contributed by atoms with E-state index in [0.29, 0.717) is 23.8 Å². The van der Waals surface area contributed by atoms with E-state index in [1.807, 2.05) is 37.3 Å². The molecule has 15 heteroatoms. The van der Waals surface area contributed by atoms with Gasteiger partial charge < -0.3 is 30.6 Å². The van der Waals surface area contributed by atoms with Crippen LogP contribution in [-0.4, -0.2) is 52.3 Å². The number of carbonyl (C=O) groups is 2. The lowest BCUT2D eigenvalue weighted by Gasteiger charge is -2.64. The average molecular weight is 761 g/mol. The first kappa shape index (κ1) is 37.6. The third kappa shape index (κ3) is 6.60. The summed E-state index contributed by atoms with van der Waals surface area (Å²) in [5, 5.41) is 12.1. The maximum atomic E-state index is 14.4. The molecule has 1 aromatic heterocycles. The van der Waals surface area contributed by atoms with E-state index in [1.165, 1.54) is 22.9 Å². The maximum absolute atomic E-state index is 14.4. The van der Waals surface area contributed by atoms with Crippen molar-refractivity contribution in [3.8, 4) is 0 Å². The van der Waals surface area contributed by atoms with Crippen LogP contribution in [-0.2, 0) is 32.4 Å². The van der Waals surface area contributed by atoms with E-state index in [9.17, 15) is 27.6 Å². The number of fused-ring (bicyclic) bond motifs is 1. The van der Waals surface area contributed by atoms with Crippen molar-refractivity contribution >= 4 is 24.7 Å². The standard InChI is InChI=1S/C40H48BF3N6O5/c1-6-32(41-54-31-17-25-16-30(37(25,2)3)39(31,5)55-41)48-33(51)29-19-38(4,49-36(53)47-27-18-26(27)23-12-8-7-9-13-23)35-46-21-28(34(52)50(29)35)45-20-22-11-10-14-24(15-22)40(42,43)44/h7-15,21,25-27,29-32,45H,6,16-20H2,1-5H3,(H,48,51)(H2,47,49,53)/t25-,26-,27+,29-,30-,31+,32-,38+,39-/m0/s1. The second kappa shape index (κ2) is 13.4. The van der Waals surface area contributed by atoms with Gasteiger partial charge in [-0.25, -0.2) is 9.78 Å². The summed E-state index contributed by atoms with van der Waals surface area (Å²) < 4.78 is 54.6. The topological polar surface area (TPSA) is 136 Å². The Balaban J connectivity index is 1.03. The largest absolute Gasteiger partial charge is 0.481 e. The Morgan fingerprint density at radius 3 is 2.53 bits per heavy atom. The number of carbonyl (C=O) groups excluding carboxylic acids is 2. The molecule has 2 bridgehead atoms. The summed E-state index contributed by atoms with van der Waals surface area (Å²) in [5.74, 6) is 0.305. The fraction of sp³-hybridized carbons (Fsp3) is 0.550. The predicted molar refractivity (Wildman–Crippen MR) is 200 cm³/mol. The predicted octanol–water partition coefficient (Wildman–Crippen LogP) is 6.05. The van der Waals surface area contributed by atoms with E-state index in [1.54, 1.807) is 6.92 Å². The van der Waals surface area contributed by atoms with Crippen LogP contribution in [0.1, 0.15) is 101 Å². The van der Waals surface area contributed by atoms with Gasteiger partial charge in [-0.2, -0.15) is 13.2 Å². The van der Waals surface area contributed by atoms with Gasteiger partial charge in [0.15, 0.2) is 0 Å². The Labute approximate surface area is 318 Å². The highest BCUT2D eigenvalue weighted by Crippen LogP contribution is 2.65. The molecule has 0 spiro atoms. The number of benzene rings is 2. The van der Waals surface area contributed by atoms with Gasteiger partial charge >= 0.3 is 19.3 Å². The molecule has 292 valence electrons. The Kier molecular flexibility index (Phi) is 9.14. The number of alkyl halides is 3. The van der Waals surface area contributed by atoms with Crippen molar-refractivity contribution in [3.63, 3.8) is 0 Å². The molecule has 4 aliphatic carbocycles. The van der Waals surface area contributed by atoms with Crippen LogP contribution in [0.5, 0.6) is 0 Å². The third-order valence-electron chi connectivity index (χ3n) is 13.2. The van der Waals surface area contributed by atoms with Gasteiger partial charge in [0, 0.05) is 24.9 Å². The number of anilines is 1. The van der Waals surface area contributed by atoms with E-state index < -0.39 is 59.5 Å². The van der Waals surface area contributed by atoms with Gasteiger partial charge in [0.05, 0.1) is 34.9 Å². The molecule has 4 N–H and O–H groups in total.